The highest BCUT2D eigenvalue weighted by molar-refractivity contribution is 7.86. The highest BCUT2D eigenvalue weighted by Gasteiger charge is 2.19. The first-order chi connectivity index (χ1) is 16.1. The molecule has 1 unspecified atom stereocenters. The van der Waals surface area contributed by atoms with Gasteiger partial charge in [0, 0.05) is 45.6 Å². The van der Waals surface area contributed by atoms with Crippen molar-refractivity contribution in [2.45, 2.75) is 39.0 Å². The van der Waals surface area contributed by atoms with Gasteiger partial charge in [-0.05, 0) is 69.7 Å². The van der Waals surface area contributed by atoms with Crippen LogP contribution in [-0.2, 0) is 17.3 Å². The van der Waals surface area contributed by atoms with Crippen LogP contribution in [0.25, 0.3) is 10.9 Å². The number of aromatic amines is 1. The summed E-state index contributed by atoms with van der Waals surface area (Å²) in [7, 11) is -1.02. The lowest BCUT2D eigenvalue weighted by molar-refractivity contribution is 0.0956. The van der Waals surface area contributed by atoms with Gasteiger partial charge in [-0.1, -0.05) is 12.0 Å². The Kier molecular flexibility index (Phi) is 7.90. The van der Waals surface area contributed by atoms with E-state index < -0.39 is 10.8 Å². The molecule has 0 bridgehead atoms. The lowest BCUT2D eigenvalue weighted by atomic mass is 10.1. The van der Waals surface area contributed by atoms with E-state index in [9.17, 15) is 13.8 Å². The molecule has 7 nitrogen and oxygen atoms in total. The van der Waals surface area contributed by atoms with Crippen LogP contribution in [0.4, 0.5) is 5.69 Å². The van der Waals surface area contributed by atoms with Crippen LogP contribution in [0.5, 0.6) is 0 Å². The topological polar surface area (TPSA) is 95.2 Å². The summed E-state index contributed by atoms with van der Waals surface area (Å²) in [4.78, 5) is 33.8. The van der Waals surface area contributed by atoms with Crippen LogP contribution < -0.4 is 15.8 Å². The normalized spacial score (nSPS) is 12.2. The number of nitrogens with zero attached hydrogens (tertiary/aromatic N) is 2. The van der Waals surface area contributed by atoms with Crippen LogP contribution in [0.1, 0.15) is 42.5 Å². The summed E-state index contributed by atoms with van der Waals surface area (Å²) in [6.07, 6.45) is 5.59. The first-order valence-corrected chi connectivity index (χ1v) is 12.3. The number of amides is 1. The van der Waals surface area contributed by atoms with Crippen molar-refractivity contribution in [1.29, 1.82) is 0 Å². The van der Waals surface area contributed by atoms with Crippen molar-refractivity contribution >= 4 is 33.3 Å². The second-order valence-corrected chi connectivity index (χ2v) is 11.4. The number of aryl methyl sites for hydroxylation is 1. The van der Waals surface area contributed by atoms with E-state index in [-0.39, 0.29) is 16.2 Å². The van der Waals surface area contributed by atoms with E-state index in [4.69, 9.17) is 6.42 Å². The average molecular weight is 479 g/mol. The van der Waals surface area contributed by atoms with Gasteiger partial charge in [-0.15, -0.1) is 6.42 Å². The number of terminal acetylenes is 1. The van der Waals surface area contributed by atoms with Crippen LogP contribution in [0.2, 0.25) is 0 Å². The van der Waals surface area contributed by atoms with E-state index in [1.54, 1.807) is 19.1 Å². The van der Waals surface area contributed by atoms with E-state index in [1.165, 1.54) is 0 Å². The highest BCUT2D eigenvalue weighted by Crippen LogP contribution is 2.20. The molecule has 1 atom stereocenters. The van der Waals surface area contributed by atoms with E-state index in [2.05, 4.69) is 21.2 Å². The fourth-order valence-corrected chi connectivity index (χ4v) is 4.36. The monoisotopic (exact) mass is 478 g/mol. The van der Waals surface area contributed by atoms with Crippen LogP contribution in [0.15, 0.2) is 47.3 Å². The summed E-state index contributed by atoms with van der Waals surface area (Å²) in [6, 6.07) is 12.8. The molecule has 2 N–H and O–H groups in total. The minimum Gasteiger partial charge on any atom is -0.356 e. The molecule has 0 aliphatic heterocycles. The standard InChI is InChI=1S/C26H30N4O3S/c1-6-14-30(17-19-7-12-23-22(16-19)25(32)29-18(2)28-23)21-10-8-20(9-11-21)24(31)27-13-15-34(33)26(3,4)5/h1,7-12,16H,13-15,17H2,2-5H3,(H,27,31)(H,28,29,32). The molecule has 34 heavy (non-hydrogen) atoms. The number of hydrogen-bond acceptors (Lipinski definition) is 5. The summed E-state index contributed by atoms with van der Waals surface area (Å²) in [5.74, 6) is 3.44. The van der Waals surface area contributed by atoms with Crippen LogP contribution >= 0.6 is 0 Å². The van der Waals surface area contributed by atoms with Gasteiger partial charge in [0.05, 0.1) is 17.4 Å². The number of fused-ring (bicyclic) bond motifs is 1. The summed E-state index contributed by atoms with van der Waals surface area (Å²) in [5, 5.41) is 3.36. The number of rotatable bonds is 8. The molecule has 0 saturated carbocycles. The van der Waals surface area contributed by atoms with Gasteiger partial charge in [0.2, 0.25) is 0 Å². The molecule has 2 aromatic carbocycles. The smallest absolute Gasteiger partial charge is 0.258 e. The van der Waals surface area contributed by atoms with Gasteiger partial charge in [0.15, 0.2) is 0 Å². The number of H-pyrrole nitrogens is 1. The zero-order chi connectivity index (χ0) is 24.9. The fourth-order valence-electron chi connectivity index (χ4n) is 3.46. The third-order valence-corrected chi connectivity index (χ3v) is 7.24. The molecule has 0 aliphatic carbocycles. The SMILES string of the molecule is C#CCN(Cc1ccc2nc(C)[nH]c(=O)c2c1)c1ccc(C(=O)NCCS(=O)C(C)(C)C)cc1. The Labute approximate surface area is 202 Å². The van der Waals surface area contributed by atoms with E-state index in [0.29, 0.717) is 47.7 Å². The third-order valence-electron chi connectivity index (χ3n) is 5.29. The second-order valence-electron chi connectivity index (χ2n) is 9.03. The van der Waals surface area contributed by atoms with Gasteiger partial charge in [0.25, 0.3) is 11.5 Å². The molecule has 3 rings (SSSR count). The molecule has 1 aromatic heterocycles. The van der Waals surface area contributed by atoms with Crippen molar-refractivity contribution in [2.24, 2.45) is 0 Å². The van der Waals surface area contributed by atoms with Crippen LogP contribution in [0.3, 0.4) is 0 Å². The van der Waals surface area contributed by atoms with Gasteiger partial charge in [-0.2, -0.15) is 0 Å². The second kappa shape index (κ2) is 10.7. The average Bonchev–Trinajstić information content (AvgIpc) is 2.78. The Morgan fingerprint density at radius 2 is 1.91 bits per heavy atom. The number of nitrogens with one attached hydrogen (secondary N) is 2. The van der Waals surface area contributed by atoms with Crippen molar-refractivity contribution in [1.82, 2.24) is 15.3 Å². The molecule has 0 saturated heterocycles. The zero-order valence-electron chi connectivity index (χ0n) is 20.0. The van der Waals surface area contributed by atoms with E-state index in [1.807, 2.05) is 56.0 Å². The molecule has 0 radical (unpaired) electrons. The first-order valence-electron chi connectivity index (χ1n) is 11.0. The quantitative estimate of drug-likeness (QED) is 0.485. The Morgan fingerprint density at radius 1 is 1.21 bits per heavy atom. The van der Waals surface area contributed by atoms with Crippen molar-refractivity contribution in [3.63, 3.8) is 0 Å². The maximum atomic E-state index is 12.5. The molecule has 1 heterocycles. The van der Waals surface area contributed by atoms with Gasteiger partial charge in [-0.25, -0.2) is 4.98 Å². The molecule has 0 aliphatic rings. The molecule has 1 amide bonds. The number of benzene rings is 2. The Hall–Kier alpha value is -3.44. The highest BCUT2D eigenvalue weighted by atomic mass is 32.2. The predicted molar refractivity (Wildman–Crippen MR) is 139 cm³/mol. The third kappa shape index (κ3) is 6.33. The number of anilines is 1. The van der Waals surface area contributed by atoms with Crippen molar-refractivity contribution in [2.75, 3.05) is 23.7 Å². The summed E-state index contributed by atoms with van der Waals surface area (Å²) in [5.41, 5.74) is 2.78. The molecule has 8 heteroatoms. The number of carbonyl (C=O) groups excluding carboxylic acids is 1. The number of hydrogen-bond donors (Lipinski definition) is 2. The van der Waals surface area contributed by atoms with Gasteiger partial charge in [0.1, 0.15) is 5.82 Å². The molecular weight excluding hydrogens is 448 g/mol. The maximum absolute atomic E-state index is 12.5. The maximum Gasteiger partial charge on any atom is 0.258 e. The fraction of sp³-hybridized carbons (Fsp3) is 0.346. The Bertz CT molecular complexity index is 1300. The van der Waals surface area contributed by atoms with E-state index in [0.717, 1.165) is 11.3 Å². The lowest BCUT2D eigenvalue weighted by Crippen LogP contribution is -2.32. The number of aromatic nitrogens is 2. The largest absolute Gasteiger partial charge is 0.356 e. The van der Waals surface area contributed by atoms with Crippen molar-refractivity contribution in [3.8, 4) is 12.3 Å². The minimum atomic E-state index is -1.02. The summed E-state index contributed by atoms with van der Waals surface area (Å²) in [6.45, 7) is 8.71. The predicted octanol–water partition coefficient (Wildman–Crippen LogP) is 3.15. The first kappa shape index (κ1) is 25.2. The molecule has 0 spiro atoms. The number of carbonyl (C=O) groups is 1. The van der Waals surface area contributed by atoms with Gasteiger partial charge >= 0.3 is 0 Å². The van der Waals surface area contributed by atoms with Gasteiger partial charge < -0.3 is 15.2 Å². The molecule has 3 aromatic rings. The molecular formula is C26H30N4O3S. The zero-order valence-corrected chi connectivity index (χ0v) is 20.8. The Balaban J connectivity index is 1.70. The van der Waals surface area contributed by atoms with Crippen molar-refractivity contribution in [3.05, 3.63) is 69.8 Å². The summed E-state index contributed by atoms with van der Waals surface area (Å²) >= 11 is 0. The minimum absolute atomic E-state index is 0.172. The van der Waals surface area contributed by atoms with Crippen LogP contribution in [0, 0.1) is 19.3 Å². The Morgan fingerprint density at radius 3 is 2.56 bits per heavy atom. The lowest BCUT2D eigenvalue weighted by Gasteiger charge is -2.23. The van der Waals surface area contributed by atoms with Crippen LogP contribution in [-0.4, -0.2) is 43.7 Å². The molecule has 178 valence electrons. The molecule has 0 fully saturated rings. The van der Waals surface area contributed by atoms with Gasteiger partial charge in [-0.3, -0.25) is 13.8 Å². The van der Waals surface area contributed by atoms with Crippen molar-refractivity contribution < 1.29 is 9.00 Å². The summed E-state index contributed by atoms with van der Waals surface area (Å²) < 4.78 is 11.8. The van der Waals surface area contributed by atoms with E-state index >= 15 is 0 Å².